The van der Waals surface area contributed by atoms with Gasteiger partial charge < -0.3 is 10.1 Å². The number of benzene rings is 1. The first-order chi connectivity index (χ1) is 9.65. The molecular formula is C16H23F2NO. The largest absolute Gasteiger partial charge is 0.381 e. The van der Waals surface area contributed by atoms with Crippen molar-refractivity contribution < 1.29 is 13.5 Å². The molecule has 112 valence electrons. The topological polar surface area (TPSA) is 21.3 Å². The van der Waals surface area contributed by atoms with Gasteiger partial charge in [-0.1, -0.05) is 13.0 Å². The van der Waals surface area contributed by atoms with Crippen LogP contribution >= 0.6 is 0 Å². The molecule has 1 aliphatic rings. The number of rotatable bonds is 6. The molecule has 2 rings (SSSR count). The molecule has 1 aromatic carbocycles. The predicted octanol–water partition coefficient (Wildman–Crippen LogP) is 3.30. The van der Waals surface area contributed by atoms with E-state index in [-0.39, 0.29) is 5.41 Å². The average Bonchev–Trinajstić information content (AvgIpc) is 2.44. The second-order valence-corrected chi connectivity index (χ2v) is 5.70. The first-order valence-electron chi connectivity index (χ1n) is 7.38. The summed E-state index contributed by atoms with van der Waals surface area (Å²) in [6, 6.07) is 3.88. The van der Waals surface area contributed by atoms with E-state index in [4.69, 9.17) is 4.74 Å². The van der Waals surface area contributed by atoms with Crippen LogP contribution in [0.4, 0.5) is 8.78 Å². The third kappa shape index (κ3) is 4.00. The molecule has 0 unspecified atom stereocenters. The van der Waals surface area contributed by atoms with E-state index in [1.807, 2.05) is 0 Å². The van der Waals surface area contributed by atoms with Crippen molar-refractivity contribution in [3.63, 3.8) is 0 Å². The van der Waals surface area contributed by atoms with E-state index in [1.165, 1.54) is 6.07 Å². The molecule has 0 saturated carbocycles. The van der Waals surface area contributed by atoms with Crippen LogP contribution in [0.3, 0.4) is 0 Å². The fourth-order valence-electron chi connectivity index (χ4n) is 2.82. The summed E-state index contributed by atoms with van der Waals surface area (Å²) < 4.78 is 32.3. The summed E-state index contributed by atoms with van der Waals surface area (Å²) >= 11 is 0. The Balaban J connectivity index is 2.10. The maximum Gasteiger partial charge on any atom is 0.129 e. The van der Waals surface area contributed by atoms with Crippen molar-refractivity contribution in [2.75, 3.05) is 26.3 Å². The van der Waals surface area contributed by atoms with Crippen LogP contribution in [-0.2, 0) is 11.2 Å². The summed E-state index contributed by atoms with van der Waals surface area (Å²) in [5, 5.41) is 3.44. The predicted molar refractivity (Wildman–Crippen MR) is 75.7 cm³/mol. The zero-order chi connectivity index (χ0) is 14.4. The summed E-state index contributed by atoms with van der Waals surface area (Å²) in [6.07, 6.45) is 3.55. The van der Waals surface area contributed by atoms with Gasteiger partial charge in [0.2, 0.25) is 0 Å². The fraction of sp³-hybridized carbons (Fsp3) is 0.625. The zero-order valence-corrected chi connectivity index (χ0v) is 12.1. The van der Waals surface area contributed by atoms with Crippen molar-refractivity contribution in [1.29, 1.82) is 0 Å². The van der Waals surface area contributed by atoms with Crippen LogP contribution in [0.25, 0.3) is 0 Å². The third-order valence-corrected chi connectivity index (χ3v) is 4.06. The highest BCUT2D eigenvalue weighted by Crippen LogP contribution is 2.34. The molecule has 0 spiro atoms. The van der Waals surface area contributed by atoms with Crippen LogP contribution in [0.2, 0.25) is 0 Å². The zero-order valence-electron chi connectivity index (χ0n) is 12.1. The van der Waals surface area contributed by atoms with Gasteiger partial charge in [-0.15, -0.1) is 0 Å². The Morgan fingerprint density at radius 2 is 2.00 bits per heavy atom. The van der Waals surface area contributed by atoms with E-state index in [2.05, 4.69) is 12.2 Å². The first kappa shape index (κ1) is 15.4. The summed E-state index contributed by atoms with van der Waals surface area (Å²) in [5.41, 5.74) is 0.623. The van der Waals surface area contributed by atoms with Gasteiger partial charge in [0.25, 0.3) is 0 Å². The van der Waals surface area contributed by atoms with Crippen LogP contribution in [0.1, 0.15) is 31.7 Å². The molecule has 1 aromatic rings. The maximum absolute atomic E-state index is 13.9. The smallest absolute Gasteiger partial charge is 0.129 e. The summed E-state index contributed by atoms with van der Waals surface area (Å²) in [4.78, 5) is 0. The molecular weight excluding hydrogens is 260 g/mol. The van der Waals surface area contributed by atoms with Gasteiger partial charge in [0.1, 0.15) is 11.6 Å². The van der Waals surface area contributed by atoms with Gasteiger partial charge in [-0.3, -0.25) is 0 Å². The molecule has 0 aromatic heterocycles. The lowest BCUT2D eigenvalue weighted by molar-refractivity contribution is 0.0146. The second-order valence-electron chi connectivity index (χ2n) is 5.70. The van der Waals surface area contributed by atoms with E-state index < -0.39 is 11.6 Å². The van der Waals surface area contributed by atoms with Crippen LogP contribution < -0.4 is 5.32 Å². The highest BCUT2D eigenvalue weighted by Gasteiger charge is 2.33. The minimum absolute atomic E-state index is 0.0199. The lowest BCUT2D eigenvalue weighted by atomic mass is 9.75. The van der Waals surface area contributed by atoms with Gasteiger partial charge in [-0.2, -0.15) is 0 Å². The van der Waals surface area contributed by atoms with E-state index >= 15 is 0 Å². The molecule has 0 radical (unpaired) electrons. The van der Waals surface area contributed by atoms with Crippen molar-refractivity contribution in [1.82, 2.24) is 5.32 Å². The molecule has 20 heavy (non-hydrogen) atoms. The van der Waals surface area contributed by atoms with E-state index in [9.17, 15) is 8.78 Å². The molecule has 0 atom stereocenters. The fourth-order valence-corrected chi connectivity index (χ4v) is 2.82. The van der Waals surface area contributed by atoms with Gasteiger partial charge in [-0.05, 0) is 49.3 Å². The monoisotopic (exact) mass is 283 g/mol. The molecule has 1 N–H and O–H groups in total. The Morgan fingerprint density at radius 1 is 1.25 bits per heavy atom. The first-order valence-corrected chi connectivity index (χ1v) is 7.38. The van der Waals surface area contributed by atoms with Crippen molar-refractivity contribution in [2.45, 2.75) is 32.6 Å². The van der Waals surface area contributed by atoms with E-state index in [0.717, 1.165) is 51.6 Å². The number of hydrogen-bond acceptors (Lipinski definition) is 2. The minimum Gasteiger partial charge on any atom is -0.381 e. The van der Waals surface area contributed by atoms with E-state index in [0.29, 0.717) is 12.0 Å². The van der Waals surface area contributed by atoms with Crippen molar-refractivity contribution in [2.24, 2.45) is 5.41 Å². The molecule has 0 amide bonds. The van der Waals surface area contributed by atoms with Crippen molar-refractivity contribution in [3.8, 4) is 0 Å². The summed E-state index contributed by atoms with van der Waals surface area (Å²) in [7, 11) is 0. The molecule has 4 heteroatoms. The Morgan fingerprint density at radius 3 is 2.65 bits per heavy atom. The molecule has 1 saturated heterocycles. The van der Waals surface area contributed by atoms with E-state index in [1.54, 1.807) is 6.07 Å². The average molecular weight is 283 g/mol. The van der Waals surface area contributed by atoms with Gasteiger partial charge in [0.05, 0.1) is 0 Å². The third-order valence-electron chi connectivity index (χ3n) is 4.06. The lowest BCUT2D eigenvalue weighted by Crippen LogP contribution is -2.41. The van der Waals surface area contributed by atoms with Gasteiger partial charge in [-0.25, -0.2) is 8.78 Å². The lowest BCUT2D eigenvalue weighted by Gasteiger charge is -2.38. The molecule has 0 bridgehead atoms. The Hall–Kier alpha value is -1.00. The number of hydrogen-bond donors (Lipinski definition) is 1. The highest BCUT2D eigenvalue weighted by molar-refractivity contribution is 5.20. The van der Waals surface area contributed by atoms with Crippen LogP contribution in [0, 0.1) is 17.0 Å². The van der Waals surface area contributed by atoms with Crippen LogP contribution in [0.5, 0.6) is 0 Å². The number of nitrogens with one attached hydrogen (secondary N) is 1. The standard InChI is InChI=1S/C16H23F2NO/c1-2-7-19-12-16(5-8-20-9-6-16)11-13-3-4-14(17)10-15(13)18/h3-4,10,19H,2,5-9,11-12H2,1H3. The second kappa shape index (κ2) is 7.14. The number of halogens is 2. The van der Waals surface area contributed by atoms with Crippen LogP contribution in [-0.4, -0.2) is 26.3 Å². The van der Waals surface area contributed by atoms with Gasteiger partial charge >= 0.3 is 0 Å². The molecule has 1 aliphatic heterocycles. The molecule has 2 nitrogen and oxygen atoms in total. The van der Waals surface area contributed by atoms with Crippen molar-refractivity contribution in [3.05, 3.63) is 35.4 Å². The molecule has 1 heterocycles. The quantitative estimate of drug-likeness (QED) is 0.809. The normalized spacial score (nSPS) is 18.1. The maximum atomic E-state index is 13.9. The van der Waals surface area contributed by atoms with Crippen molar-refractivity contribution >= 4 is 0 Å². The van der Waals surface area contributed by atoms with Crippen LogP contribution in [0.15, 0.2) is 18.2 Å². The minimum atomic E-state index is -0.517. The molecule has 0 aliphatic carbocycles. The Labute approximate surface area is 119 Å². The Kier molecular flexibility index (Phi) is 5.49. The SMILES string of the molecule is CCCNCC1(Cc2ccc(F)cc2F)CCOCC1. The number of ether oxygens (including phenoxy) is 1. The summed E-state index contributed by atoms with van der Waals surface area (Å²) in [6.45, 7) is 5.39. The highest BCUT2D eigenvalue weighted by atomic mass is 19.1. The van der Waals surface area contributed by atoms with Gasteiger partial charge in [0.15, 0.2) is 0 Å². The summed E-state index contributed by atoms with van der Waals surface area (Å²) in [5.74, 6) is -0.956. The van der Waals surface area contributed by atoms with Gasteiger partial charge in [0, 0.05) is 25.8 Å². The Bertz CT molecular complexity index is 430. The molecule has 1 fully saturated rings.